The Hall–Kier alpha value is -1.43. The number of ether oxygens (including phenoxy) is 1. The van der Waals surface area contributed by atoms with Gasteiger partial charge in [-0.15, -0.1) is 0 Å². The summed E-state index contributed by atoms with van der Waals surface area (Å²) in [5.41, 5.74) is 1.74. The molecule has 3 rings (SSSR count). The summed E-state index contributed by atoms with van der Waals surface area (Å²) < 4.78 is 5.82. The summed E-state index contributed by atoms with van der Waals surface area (Å²) in [5, 5.41) is 30.3. The highest BCUT2D eigenvalue weighted by molar-refractivity contribution is 5.82. The van der Waals surface area contributed by atoms with E-state index in [1.165, 1.54) is 11.6 Å². The molecule has 0 aliphatic heterocycles. The Morgan fingerprint density at radius 2 is 1.85 bits per heavy atom. The maximum absolute atomic E-state index is 12.5. The van der Waals surface area contributed by atoms with E-state index in [1.54, 1.807) is 6.08 Å². The van der Waals surface area contributed by atoms with Crippen molar-refractivity contribution in [2.24, 2.45) is 17.3 Å². The number of carbonyl (C=O) groups excluding carboxylic acids is 1. The molecule has 0 radical (unpaired) electrons. The molecule has 0 heterocycles. The van der Waals surface area contributed by atoms with Crippen LogP contribution in [0, 0.1) is 17.3 Å². The van der Waals surface area contributed by atoms with E-state index in [2.05, 4.69) is 19.1 Å². The van der Waals surface area contributed by atoms with Crippen molar-refractivity contribution in [3.63, 3.8) is 0 Å². The lowest BCUT2D eigenvalue weighted by atomic mass is 9.62. The molecule has 3 saturated carbocycles. The van der Waals surface area contributed by atoms with E-state index in [9.17, 15) is 20.1 Å². The van der Waals surface area contributed by atoms with E-state index < -0.39 is 17.8 Å². The van der Waals surface area contributed by atoms with Crippen molar-refractivity contribution in [3.05, 3.63) is 35.5 Å². The first kappa shape index (κ1) is 26.2. The van der Waals surface area contributed by atoms with Gasteiger partial charge in [0.15, 0.2) is 0 Å². The third-order valence-corrected chi connectivity index (χ3v) is 8.73. The second-order valence-electron chi connectivity index (χ2n) is 10.9. The van der Waals surface area contributed by atoms with Gasteiger partial charge >= 0.3 is 5.97 Å². The summed E-state index contributed by atoms with van der Waals surface area (Å²) in [5.74, 6) is 0.417. The molecule has 3 N–H and O–H groups in total. The van der Waals surface area contributed by atoms with Gasteiger partial charge < -0.3 is 20.1 Å². The van der Waals surface area contributed by atoms with E-state index in [-0.39, 0.29) is 17.5 Å². The second kappa shape index (κ2) is 10.9. The number of hydrogen-bond acceptors (Lipinski definition) is 5. The van der Waals surface area contributed by atoms with Crippen LogP contribution in [0.5, 0.6) is 0 Å². The van der Waals surface area contributed by atoms with Crippen molar-refractivity contribution in [2.45, 2.75) is 116 Å². The number of rotatable bonds is 7. The van der Waals surface area contributed by atoms with Crippen molar-refractivity contribution in [1.29, 1.82) is 0 Å². The standard InChI is InChI=1S/C28H44O5/c1-5-28(32,6-2)15-13-26(31)33-19(3)24-11-12-25-21(8-7-14-27(24,25)4)10-9-20-16-22(29)18-23(30)17-20/h9-10,13,15,19,22-25,29-30,32H,5-8,11-12,14,16-18H2,1-4H3/b15-13+,20-9?,21-10+/t19-,22-,23+,24+,25-,27+/m0/s1. The summed E-state index contributed by atoms with van der Waals surface area (Å²) in [6.07, 6.45) is 14.7. The molecule has 5 heteroatoms. The minimum atomic E-state index is -0.950. The quantitative estimate of drug-likeness (QED) is 0.368. The molecule has 3 aliphatic rings. The van der Waals surface area contributed by atoms with Gasteiger partial charge in [0.2, 0.25) is 0 Å². The molecule has 33 heavy (non-hydrogen) atoms. The zero-order valence-corrected chi connectivity index (χ0v) is 20.9. The Labute approximate surface area is 199 Å². The molecule has 0 aromatic carbocycles. The second-order valence-corrected chi connectivity index (χ2v) is 10.9. The Bertz CT molecular complexity index is 765. The molecule has 0 aromatic rings. The minimum Gasteiger partial charge on any atom is -0.459 e. The molecule has 0 aromatic heterocycles. The Kier molecular flexibility index (Phi) is 8.63. The van der Waals surface area contributed by atoms with Crippen molar-refractivity contribution >= 4 is 5.97 Å². The molecule has 0 unspecified atom stereocenters. The van der Waals surface area contributed by atoms with Crippen molar-refractivity contribution in [1.82, 2.24) is 0 Å². The van der Waals surface area contributed by atoms with Gasteiger partial charge in [0, 0.05) is 12.0 Å². The zero-order chi connectivity index (χ0) is 24.2. The Morgan fingerprint density at radius 3 is 2.48 bits per heavy atom. The normalized spacial score (nSPS) is 36.3. The van der Waals surface area contributed by atoms with Crippen LogP contribution in [0.2, 0.25) is 0 Å². The number of aliphatic hydroxyl groups excluding tert-OH is 2. The molecule has 0 saturated heterocycles. The summed E-state index contributed by atoms with van der Waals surface area (Å²) in [6, 6.07) is 0. The average molecular weight is 461 g/mol. The fourth-order valence-electron chi connectivity index (χ4n) is 6.59. The molecule has 0 amide bonds. The number of aliphatic hydroxyl groups is 3. The van der Waals surface area contributed by atoms with Crippen molar-refractivity contribution < 1.29 is 24.9 Å². The predicted molar refractivity (Wildman–Crippen MR) is 130 cm³/mol. The molecule has 5 nitrogen and oxygen atoms in total. The lowest BCUT2D eigenvalue weighted by Gasteiger charge is -2.43. The van der Waals surface area contributed by atoms with Crippen LogP contribution < -0.4 is 0 Å². The first-order chi connectivity index (χ1) is 15.6. The molecular formula is C28H44O5. The highest BCUT2D eigenvalue weighted by atomic mass is 16.5. The number of hydrogen-bond donors (Lipinski definition) is 3. The van der Waals surface area contributed by atoms with E-state index in [4.69, 9.17) is 4.74 Å². The summed E-state index contributed by atoms with van der Waals surface area (Å²) in [6.45, 7) is 8.19. The SMILES string of the molecule is CCC(O)(/C=C/C(=O)O[C@@H](C)[C@H]1CC[C@H]2/C(=C/C=C3C[C@@H](O)C[C@@H](O)C3)CCC[C@]12C)CC. The fourth-order valence-corrected chi connectivity index (χ4v) is 6.59. The summed E-state index contributed by atoms with van der Waals surface area (Å²) >= 11 is 0. The fraction of sp³-hybridized carbons (Fsp3) is 0.750. The van der Waals surface area contributed by atoms with Gasteiger partial charge in [0.25, 0.3) is 0 Å². The summed E-state index contributed by atoms with van der Waals surface area (Å²) in [7, 11) is 0. The number of allylic oxidation sites excluding steroid dienone is 3. The van der Waals surface area contributed by atoms with Crippen LogP contribution in [0.25, 0.3) is 0 Å². The lowest BCUT2D eigenvalue weighted by Crippen LogP contribution is -2.39. The third-order valence-electron chi connectivity index (χ3n) is 8.73. The number of esters is 1. The van der Waals surface area contributed by atoms with E-state index in [0.717, 1.165) is 37.7 Å². The van der Waals surface area contributed by atoms with Gasteiger partial charge in [-0.05, 0) is 88.5 Å². The first-order valence-corrected chi connectivity index (χ1v) is 13.0. The minimum absolute atomic E-state index is 0.102. The molecule has 186 valence electrons. The first-order valence-electron chi connectivity index (χ1n) is 13.0. The monoisotopic (exact) mass is 460 g/mol. The van der Waals surface area contributed by atoms with Crippen LogP contribution in [-0.2, 0) is 9.53 Å². The highest BCUT2D eigenvalue weighted by Crippen LogP contribution is 2.58. The van der Waals surface area contributed by atoms with Crippen LogP contribution in [0.15, 0.2) is 35.5 Å². The molecular weight excluding hydrogens is 416 g/mol. The van der Waals surface area contributed by atoms with Crippen LogP contribution in [0.1, 0.15) is 91.9 Å². The van der Waals surface area contributed by atoms with Gasteiger partial charge in [-0.25, -0.2) is 4.79 Å². The van der Waals surface area contributed by atoms with Gasteiger partial charge in [-0.3, -0.25) is 0 Å². The predicted octanol–water partition coefficient (Wildman–Crippen LogP) is 5.00. The topological polar surface area (TPSA) is 87.0 Å². The Morgan fingerprint density at radius 1 is 1.18 bits per heavy atom. The maximum Gasteiger partial charge on any atom is 0.330 e. The molecule has 3 aliphatic carbocycles. The van der Waals surface area contributed by atoms with E-state index in [1.807, 2.05) is 20.8 Å². The van der Waals surface area contributed by atoms with Gasteiger partial charge in [-0.2, -0.15) is 0 Å². The van der Waals surface area contributed by atoms with E-state index in [0.29, 0.717) is 43.9 Å². The van der Waals surface area contributed by atoms with Gasteiger partial charge in [0.1, 0.15) is 6.10 Å². The Balaban J connectivity index is 1.67. The maximum atomic E-state index is 12.5. The third kappa shape index (κ3) is 6.17. The summed E-state index contributed by atoms with van der Waals surface area (Å²) in [4.78, 5) is 12.5. The molecule has 6 atom stereocenters. The van der Waals surface area contributed by atoms with E-state index >= 15 is 0 Å². The zero-order valence-electron chi connectivity index (χ0n) is 20.9. The molecule has 3 fully saturated rings. The lowest BCUT2D eigenvalue weighted by molar-refractivity contribution is -0.147. The molecule has 0 spiro atoms. The van der Waals surface area contributed by atoms with Crippen LogP contribution >= 0.6 is 0 Å². The van der Waals surface area contributed by atoms with Crippen molar-refractivity contribution in [2.75, 3.05) is 0 Å². The van der Waals surface area contributed by atoms with Crippen LogP contribution in [0.3, 0.4) is 0 Å². The number of carbonyl (C=O) groups is 1. The smallest absolute Gasteiger partial charge is 0.330 e. The highest BCUT2D eigenvalue weighted by Gasteiger charge is 2.51. The number of fused-ring (bicyclic) bond motifs is 1. The van der Waals surface area contributed by atoms with Crippen molar-refractivity contribution in [3.8, 4) is 0 Å². The largest absolute Gasteiger partial charge is 0.459 e. The van der Waals surface area contributed by atoms with Crippen LogP contribution in [-0.4, -0.2) is 45.2 Å². The van der Waals surface area contributed by atoms with Crippen LogP contribution in [0.4, 0.5) is 0 Å². The van der Waals surface area contributed by atoms with Gasteiger partial charge in [-0.1, -0.05) is 44.1 Å². The van der Waals surface area contributed by atoms with Gasteiger partial charge in [0.05, 0.1) is 17.8 Å². The average Bonchev–Trinajstić information content (AvgIpc) is 3.13. The molecule has 0 bridgehead atoms.